The fraction of sp³-hybridized carbons (Fsp3) is 0.136. The number of aromatic carboxylic acids is 1. The molecule has 146 valence electrons. The van der Waals surface area contributed by atoms with E-state index in [9.17, 15) is 4.79 Å². The molecule has 0 aliphatic heterocycles. The van der Waals surface area contributed by atoms with Crippen molar-refractivity contribution in [2.45, 2.75) is 24.8 Å². The van der Waals surface area contributed by atoms with Gasteiger partial charge in [-0.05, 0) is 78.0 Å². The third-order valence-electron chi connectivity index (χ3n) is 3.80. The van der Waals surface area contributed by atoms with Crippen LogP contribution in [0.1, 0.15) is 28.4 Å². The normalized spacial score (nSPS) is 10.1. The second-order valence-electron chi connectivity index (χ2n) is 5.86. The summed E-state index contributed by atoms with van der Waals surface area (Å²) in [6.45, 7) is 2.79. The van der Waals surface area contributed by atoms with Crippen LogP contribution in [0.15, 0.2) is 77.7 Å². The minimum atomic E-state index is -0.907. The Morgan fingerprint density at radius 2 is 1.36 bits per heavy atom. The molecule has 0 fully saturated rings. The summed E-state index contributed by atoms with van der Waals surface area (Å²) in [4.78, 5) is 11.8. The molecule has 0 spiro atoms. The smallest absolute Gasteiger partial charge is 0.335 e. The first-order valence-electron chi connectivity index (χ1n) is 8.70. The number of carboxylic acids is 1. The predicted octanol–water partition coefficient (Wildman–Crippen LogP) is 6.74. The number of hydrogen-bond donors (Lipinski definition) is 2. The van der Waals surface area contributed by atoms with Gasteiger partial charge in [-0.25, -0.2) is 4.79 Å². The Morgan fingerprint density at radius 1 is 0.857 bits per heavy atom. The molecule has 3 aromatic rings. The Morgan fingerprint density at radius 3 is 1.86 bits per heavy atom. The molecule has 0 saturated carbocycles. The summed E-state index contributed by atoms with van der Waals surface area (Å²) in [5, 5.41) is 10.3. The number of carbonyl (C=O) groups is 1. The molecule has 0 aromatic heterocycles. The fourth-order valence-electron chi connectivity index (χ4n) is 2.19. The van der Waals surface area contributed by atoms with Gasteiger partial charge in [0, 0.05) is 21.5 Å². The lowest BCUT2D eigenvalue weighted by molar-refractivity contribution is 0.0697. The minimum Gasteiger partial charge on any atom is -0.478 e. The fourth-order valence-corrected chi connectivity index (χ4v) is 3.12. The summed E-state index contributed by atoms with van der Waals surface area (Å²) in [5.74, 6) is -0.907. The molecule has 0 amide bonds. The molecule has 0 aliphatic rings. The van der Waals surface area contributed by atoms with Gasteiger partial charge in [0.15, 0.2) is 0 Å². The topological polar surface area (TPSA) is 49.3 Å². The summed E-state index contributed by atoms with van der Waals surface area (Å²) in [6.07, 6.45) is 1.08. The summed E-state index contributed by atoms with van der Waals surface area (Å²) in [5.41, 5.74) is 2.67. The summed E-state index contributed by atoms with van der Waals surface area (Å²) < 4.78 is 3.21. The lowest BCUT2D eigenvalue weighted by atomic mass is 10.1. The number of benzene rings is 3. The van der Waals surface area contributed by atoms with Crippen molar-refractivity contribution in [3.63, 3.8) is 0 Å². The van der Waals surface area contributed by atoms with Crippen LogP contribution in [-0.2, 0) is 13.0 Å². The molecule has 3 rings (SSSR count). The number of carboxylic acid groups (broad SMARTS) is 1. The number of halogens is 2. The van der Waals surface area contributed by atoms with Gasteiger partial charge in [0.1, 0.15) is 0 Å². The summed E-state index contributed by atoms with van der Waals surface area (Å²) >= 11 is 13.0. The highest BCUT2D eigenvalue weighted by molar-refractivity contribution is 7.97. The van der Waals surface area contributed by atoms with Crippen LogP contribution in [-0.4, -0.2) is 11.1 Å². The molecule has 0 aliphatic carbocycles. The van der Waals surface area contributed by atoms with E-state index in [4.69, 9.17) is 28.3 Å². The molecule has 0 saturated heterocycles. The standard InChI is InChI=1S/C14H12ClNO2S.C8H9Cl/c15-12-5-7-13(8-6-12)19-16-9-10-1-3-11(4-2-10)14(17)18;1-2-7-3-5-8(9)6-4-7/h1-8,16H,9H2,(H,17,18);3-6H,2H2,1H3. The van der Waals surface area contributed by atoms with Gasteiger partial charge >= 0.3 is 5.97 Å². The van der Waals surface area contributed by atoms with Gasteiger partial charge in [-0.1, -0.05) is 54.4 Å². The Bertz CT molecular complexity index is 867. The van der Waals surface area contributed by atoms with E-state index in [1.807, 2.05) is 48.5 Å². The zero-order valence-electron chi connectivity index (χ0n) is 15.4. The Balaban J connectivity index is 0.000000261. The van der Waals surface area contributed by atoms with Crippen molar-refractivity contribution in [2.24, 2.45) is 0 Å². The van der Waals surface area contributed by atoms with E-state index in [1.54, 1.807) is 24.3 Å². The first-order valence-corrected chi connectivity index (χ1v) is 10.3. The van der Waals surface area contributed by atoms with Crippen LogP contribution >= 0.6 is 35.1 Å². The molecule has 6 heteroatoms. The van der Waals surface area contributed by atoms with E-state index in [0.717, 1.165) is 21.9 Å². The average Bonchev–Trinajstić information content (AvgIpc) is 2.71. The van der Waals surface area contributed by atoms with Crippen LogP contribution < -0.4 is 4.72 Å². The maximum atomic E-state index is 10.7. The van der Waals surface area contributed by atoms with Crippen LogP contribution in [0, 0.1) is 0 Å². The molecule has 28 heavy (non-hydrogen) atoms. The third kappa shape index (κ3) is 7.95. The predicted molar refractivity (Wildman–Crippen MR) is 118 cm³/mol. The van der Waals surface area contributed by atoms with E-state index in [1.165, 1.54) is 17.5 Å². The number of aryl methyl sites for hydroxylation is 1. The Labute approximate surface area is 179 Å². The largest absolute Gasteiger partial charge is 0.478 e. The van der Waals surface area contributed by atoms with Gasteiger partial charge in [-0.2, -0.15) is 0 Å². The van der Waals surface area contributed by atoms with Crippen LogP contribution in [0.5, 0.6) is 0 Å². The van der Waals surface area contributed by atoms with Crippen LogP contribution in [0.2, 0.25) is 10.0 Å². The van der Waals surface area contributed by atoms with Crippen molar-refractivity contribution < 1.29 is 9.90 Å². The highest BCUT2D eigenvalue weighted by Gasteiger charge is 2.01. The van der Waals surface area contributed by atoms with Crippen LogP contribution in [0.25, 0.3) is 0 Å². The van der Waals surface area contributed by atoms with E-state index in [2.05, 4.69) is 11.6 Å². The molecule has 2 N–H and O–H groups in total. The van der Waals surface area contributed by atoms with Crippen molar-refractivity contribution in [2.75, 3.05) is 0 Å². The lowest BCUT2D eigenvalue weighted by Gasteiger charge is -2.05. The SMILES string of the molecule is CCc1ccc(Cl)cc1.O=C(O)c1ccc(CNSc2ccc(Cl)cc2)cc1. The number of nitrogens with one attached hydrogen (secondary N) is 1. The zero-order chi connectivity index (χ0) is 20.4. The molecular weight excluding hydrogens is 413 g/mol. The average molecular weight is 434 g/mol. The summed E-state index contributed by atoms with van der Waals surface area (Å²) in [6, 6.07) is 22.3. The molecule has 0 unspecified atom stereocenters. The second kappa shape index (κ2) is 11.8. The van der Waals surface area contributed by atoms with Crippen LogP contribution in [0.3, 0.4) is 0 Å². The van der Waals surface area contributed by atoms with Crippen molar-refractivity contribution >= 4 is 41.1 Å². The third-order valence-corrected chi connectivity index (χ3v) is 5.10. The quantitative estimate of drug-likeness (QED) is 0.422. The van der Waals surface area contributed by atoms with E-state index in [0.29, 0.717) is 17.1 Å². The van der Waals surface area contributed by atoms with E-state index < -0.39 is 5.97 Å². The monoisotopic (exact) mass is 433 g/mol. The maximum absolute atomic E-state index is 10.7. The molecule has 0 heterocycles. The highest BCUT2D eigenvalue weighted by atomic mass is 35.5. The van der Waals surface area contributed by atoms with Crippen molar-refractivity contribution in [3.8, 4) is 0 Å². The Kier molecular flexibility index (Phi) is 9.38. The molecule has 3 aromatic carbocycles. The number of rotatable bonds is 6. The van der Waals surface area contributed by atoms with Gasteiger partial charge in [0.25, 0.3) is 0 Å². The molecule has 0 bridgehead atoms. The van der Waals surface area contributed by atoms with Gasteiger partial charge in [0.2, 0.25) is 0 Å². The lowest BCUT2D eigenvalue weighted by Crippen LogP contribution is -2.03. The second-order valence-corrected chi connectivity index (χ2v) is 7.70. The van der Waals surface area contributed by atoms with E-state index >= 15 is 0 Å². The Hall–Kier alpha value is -1.98. The molecule has 0 radical (unpaired) electrons. The van der Waals surface area contributed by atoms with Crippen LogP contribution in [0.4, 0.5) is 0 Å². The van der Waals surface area contributed by atoms with Crippen molar-refractivity contribution in [1.29, 1.82) is 0 Å². The molecule has 3 nitrogen and oxygen atoms in total. The summed E-state index contributed by atoms with van der Waals surface area (Å²) in [7, 11) is 0. The van der Waals surface area contributed by atoms with E-state index in [-0.39, 0.29) is 0 Å². The van der Waals surface area contributed by atoms with Gasteiger partial charge in [-0.3, -0.25) is 4.72 Å². The number of hydrogen-bond acceptors (Lipinski definition) is 3. The van der Waals surface area contributed by atoms with Crippen molar-refractivity contribution in [1.82, 2.24) is 4.72 Å². The molecule has 0 atom stereocenters. The zero-order valence-corrected chi connectivity index (χ0v) is 17.7. The minimum absolute atomic E-state index is 0.300. The van der Waals surface area contributed by atoms with Crippen molar-refractivity contribution in [3.05, 3.63) is 99.5 Å². The highest BCUT2D eigenvalue weighted by Crippen LogP contribution is 2.18. The van der Waals surface area contributed by atoms with Gasteiger partial charge in [0.05, 0.1) is 5.56 Å². The maximum Gasteiger partial charge on any atom is 0.335 e. The first kappa shape index (κ1) is 22.3. The molecular formula is C22H21Cl2NO2S. The first-order chi connectivity index (χ1) is 13.5. The van der Waals surface area contributed by atoms with Gasteiger partial charge < -0.3 is 5.11 Å². The van der Waals surface area contributed by atoms with Gasteiger partial charge in [-0.15, -0.1) is 0 Å².